The Morgan fingerprint density at radius 2 is 2.24 bits per heavy atom. The summed E-state index contributed by atoms with van der Waals surface area (Å²) in [6.45, 7) is 0.262. The number of aromatic nitrogens is 2. The summed E-state index contributed by atoms with van der Waals surface area (Å²) in [5.41, 5.74) is 0.340. The second-order valence-electron chi connectivity index (χ2n) is 5.20. The van der Waals surface area contributed by atoms with Crippen molar-refractivity contribution in [3.63, 3.8) is 0 Å². The van der Waals surface area contributed by atoms with Crippen molar-refractivity contribution in [3.05, 3.63) is 57.7 Å². The zero-order valence-corrected chi connectivity index (χ0v) is 15.0. The molecule has 3 aromatic rings. The number of hydrogen-bond donors (Lipinski definition) is 0. The average molecular weight is 379 g/mol. The molecule has 0 aliphatic carbocycles. The lowest BCUT2D eigenvalue weighted by Gasteiger charge is -2.12. The number of carbonyl (C=O) groups excluding carboxylic acids is 1. The number of benzene rings is 1. The fourth-order valence-electron chi connectivity index (χ4n) is 2.31. The van der Waals surface area contributed by atoms with Gasteiger partial charge >= 0.3 is 5.97 Å². The topological polar surface area (TPSA) is 74.3 Å². The molecule has 0 atom stereocenters. The van der Waals surface area contributed by atoms with Crippen LogP contribution in [0.5, 0.6) is 0 Å². The fraction of sp³-hybridized carbons (Fsp3) is 0.235. The molecule has 0 fully saturated rings. The molecule has 130 valence electrons. The summed E-state index contributed by atoms with van der Waals surface area (Å²) in [6, 6.07) is 8.53. The normalized spacial score (nSPS) is 11.0. The van der Waals surface area contributed by atoms with E-state index in [4.69, 9.17) is 16.0 Å². The molecular formula is C17H15ClN2O4S. The summed E-state index contributed by atoms with van der Waals surface area (Å²) in [6.07, 6.45) is 1.78. The first-order valence-corrected chi connectivity index (χ1v) is 8.87. The third kappa shape index (κ3) is 4.05. The molecule has 2 aromatic heterocycles. The van der Waals surface area contributed by atoms with Crippen LogP contribution in [0.4, 0.5) is 0 Å². The van der Waals surface area contributed by atoms with E-state index in [2.05, 4.69) is 9.72 Å². The van der Waals surface area contributed by atoms with E-state index >= 15 is 0 Å². The Kier molecular flexibility index (Phi) is 5.45. The third-order valence-electron chi connectivity index (χ3n) is 3.54. The lowest BCUT2D eigenvalue weighted by Crippen LogP contribution is -2.24. The molecule has 0 radical (unpaired) electrons. The van der Waals surface area contributed by atoms with Crippen molar-refractivity contribution in [3.8, 4) is 0 Å². The van der Waals surface area contributed by atoms with Crippen LogP contribution in [0.15, 0.2) is 51.0 Å². The molecule has 0 amide bonds. The number of methoxy groups -OCH3 is 1. The van der Waals surface area contributed by atoms with Crippen molar-refractivity contribution in [1.82, 2.24) is 9.55 Å². The summed E-state index contributed by atoms with van der Waals surface area (Å²) >= 11 is 7.32. The minimum Gasteiger partial charge on any atom is -0.469 e. The Morgan fingerprint density at radius 3 is 2.96 bits per heavy atom. The molecule has 0 spiro atoms. The molecule has 2 heterocycles. The van der Waals surface area contributed by atoms with Crippen molar-refractivity contribution >= 4 is 40.2 Å². The number of esters is 1. The van der Waals surface area contributed by atoms with E-state index in [1.165, 1.54) is 23.4 Å². The molecule has 25 heavy (non-hydrogen) atoms. The average Bonchev–Trinajstić information content (AvgIpc) is 3.10. The van der Waals surface area contributed by atoms with Gasteiger partial charge in [-0.05, 0) is 30.3 Å². The molecule has 0 aliphatic heterocycles. The number of rotatable bonds is 6. The lowest BCUT2D eigenvalue weighted by atomic mass is 10.2. The zero-order valence-electron chi connectivity index (χ0n) is 13.4. The molecule has 0 N–H and O–H groups in total. The second-order valence-corrected chi connectivity index (χ2v) is 6.70. The zero-order chi connectivity index (χ0) is 17.8. The number of furan rings is 1. The van der Waals surface area contributed by atoms with Crippen LogP contribution in [0.25, 0.3) is 10.9 Å². The van der Waals surface area contributed by atoms with Crippen molar-refractivity contribution in [2.75, 3.05) is 12.9 Å². The van der Waals surface area contributed by atoms with Crippen LogP contribution < -0.4 is 5.56 Å². The van der Waals surface area contributed by atoms with Crippen molar-refractivity contribution in [1.29, 1.82) is 0 Å². The predicted molar refractivity (Wildman–Crippen MR) is 96.2 cm³/mol. The summed E-state index contributed by atoms with van der Waals surface area (Å²) in [7, 11) is 1.34. The van der Waals surface area contributed by atoms with Gasteiger partial charge in [0.15, 0.2) is 5.16 Å². The minimum absolute atomic E-state index is 0.182. The van der Waals surface area contributed by atoms with Crippen LogP contribution in [0, 0.1) is 0 Å². The highest BCUT2D eigenvalue weighted by Crippen LogP contribution is 2.22. The van der Waals surface area contributed by atoms with Gasteiger partial charge in [-0.25, -0.2) is 4.98 Å². The van der Waals surface area contributed by atoms with Gasteiger partial charge in [0.1, 0.15) is 5.76 Å². The van der Waals surface area contributed by atoms with Crippen LogP contribution >= 0.6 is 23.4 Å². The Bertz CT molecular complexity index is 953. The van der Waals surface area contributed by atoms with Gasteiger partial charge in [-0.2, -0.15) is 0 Å². The Morgan fingerprint density at radius 1 is 1.40 bits per heavy atom. The molecular weight excluding hydrogens is 364 g/mol. The third-order valence-corrected chi connectivity index (χ3v) is 4.75. The highest BCUT2D eigenvalue weighted by molar-refractivity contribution is 7.99. The van der Waals surface area contributed by atoms with Gasteiger partial charge in [-0.1, -0.05) is 23.4 Å². The minimum atomic E-state index is -0.309. The quantitative estimate of drug-likeness (QED) is 0.372. The number of halogens is 1. The first kappa shape index (κ1) is 17.6. The van der Waals surface area contributed by atoms with Crippen LogP contribution in [0.1, 0.15) is 12.2 Å². The summed E-state index contributed by atoms with van der Waals surface area (Å²) < 4.78 is 11.5. The molecule has 8 heteroatoms. The first-order valence-electron chi connectivity index (χ1n) is 7.50. The lowest BCUT2D eigenvalue weighted by molar-refractivity contribution is -0.140. The van der Waals surface area contributed by atoms with Gasteiger partial charge in [0.05, 0.1) is 37.2 Å². The molecule has 0 saturated heterocycles. The van der Waals surface area contributed by atoms with E-state index in [1.807, 2.05) is 0 Å². The molecule has 1 aromatic carbocycles. The van der Waals surface area contributed by atoms with Gasteiger partial charge < -0.3 is 9.15 Å². The summed E-state index contributed by atoms with van der Waals surface area (Å²) in [5.74, 6) is 0.784. The van der Waals surface area contributed by atoms with E-state index in [9.17, 15) is 9.59 Å². The van der Waals surface area contributed by atoms with Gasteiger partial charge in [0.2, 0.25) is 0 Å². The maximum atomic E-state index is 12.9. The van der Waals surface area contributed by atoms with Crippen LogP contribution in [0.3, 0.4) is 0 Å². The monoisotopic (exact) mass is 378 g/mol. The number of hydrogen-bond acceptors (Lipinski definition) is 6. The van der Waals surface area contributed by atoms with Crippen LogP contribution in [-0.2, 0) is 16.1 Å². The summed E-state index contributed by atoms with van der Waals surface area (Å²) in [5, 5.41) is 1.49. The Labute approximate surface area is 152 Å². The second kappa shape index (κ2) is 7.76. The highest BCUT2D eigenvalue weighted by atomic mass is 35.5. The molecule has 6 nitrogen and oxygen atoms in total. The SMILES string of the molecule is COC(=O)CCSc1nc2cc(Cl)ccc2c(=O)n1Cc1ccco1. The smallest absolute Gasteiger partial charge is 0.306 e. The van der Waals surface area contributed by atoms with Gasteiger partial charge in [-0.15, -0.1) is 0 Å². The van der Waals surface area contributed by atoms with E-state index in [1.54, 1.807) is 36.6 Å². The standard InChI is InChI=1S/C17H15ClN2O4S/c1-23-15(21)6-8-25-17-19-14-9-11(18)4-5-13(14)16(22)20(17)10-12-3-2-7-24-12/h2-5,7,9H,6,8,10H2,1H3. The van der Waals surface area contributed by atoms with Crippen molar-refractivity contribution < 1.29 is 13.9 Å². The Balaban J connectivity index is 2.01. The molecule has 3 rings (SSSR count). The number of fused-ring (bicyclic) bond motifs is 1. The van der Waals surface area contributed by atoms with Crippen LogP contribution in [-0.4, -0.2) is 28.4 Å². The van der Waals surface area contributed by atoms with E-state index in [0.29, 0.717) is 32.6 Å². The fourth-order valence-corrected chi connectivity index (χ4v) is 3.39. The number of thioether (sulfide) groups is 1. The maximum absolute atomic E-state index is 12.9. The van der Waals surface area contributed by atoms with Crippen molar-refractivity contribution in [2.45, 2.75) is 18.1 Å². The molecule has 0 bridgehead atoms. The van der Waals surface area contributed by atoms with Gasteiger partial charge in [0.25, 0.3) is 5.56 Å². The van der Waals surface area contributed by atoms with Crippen molar-refractivity contribution in [2.24, 2.45) is 0 Å². The van der Waals surface area contributed by atoms with Gasteiger partial charge in [-0.3, -0.25) is 14.2 Å². The number of carbonyl (C=O) groups is 1. The first-order chi connectivity index (χ1) is 12.1. The molecule has 0 aliphatic rings. The predicted octanol–water partition coefficient (Wildman–Crippen LogP) is 3.35. The van der Waals surface area contributed by atoms with Gasteiger partial charge in [0, 0.05) is 10.8 Å². The largest absolute Gasteiger partial charge is 0.469 e. The molecule has 0 unspecified atom stereocenters. The maximum Gasteiger partial charge on any atom is 0.306 e. The number of ether oxygens (including phenoxy) is 1. The van der Waals surface area contributed by atoms with E-state index in [0.717, 1.165) is 0 Å². The highest BCUT2D eigenvalue weighted by Gasteiger charge is 2.14. The number of nitrogens with zero attached hydrogens (tertiary/aromatic N) is 2. The Hall–Kier alpha value is -2.25. The van der Waals surface area contributed by atoms with Crippen LogP contribution in [0.2, 0.25) is 5.02 Å². The van der Waals surface area contributed by atoms with E-state index in [-0.39, 0.29) is 24.5 Å². The summed E-state index contributed by atoms with van der Waals surface area (Å²) in [4.78, 5) is 28.7. The van der Waals surface area contributed by atoms with E-state index < -0.39 is 0 Å². The molecule has 0 saturated carbocycles.